The maximum Gasteiger partial charge on any atom is 0.416 e. The lowest BCUT2D eigenvalue weighted by Gasteiger charge is -2.33. The molecule has 0 radical (unpaired) electrons. The summed E-state index contributed by atoms with van der Waals surface area (Å²) in [4.78, 5) is 14.3. The average Bonchev–Trinajstić information content (AvgIpc) is 2.68. The van der Waals surface area contributed by atoms with E-state index in [0.717, 1.165) is 24.2 Å². The zero-order chi connectivity index (χ0) is 19.3. The van der Waals surface area contributed by atoms with Crippen LogP contribution in [0, 0.1) is 0 Å². The van der Waals surface area contributed by atoms with Crippen LogP contribution >= 0.6 is 0 Å². The van der Waals surface area contributed by atoms with Crippen LogP contribution in [0.3, 0.4) is 0 Å². The van der Waals surface area contributed by atoms with Gasteiger partial charge in [-0.05, 0) is 23.8 Å². The topological polar surface area (TPSA) is 41.6 Å². The second-order valence-corrected chi connectivity index (χ2v) is 6.41. The van der Waals surface area contributed by atoms with Gasteiger partial charge in [-0.3, -0.25) is 9.69 Å². The van der Waals surface area contributed by atoms with Crippen LogP contribution in [0.15, 0.2) is 54.6 Å². The van der Waals surface area contributed by atoms with Gasteiger partial charge in [0.05, 0.1) is 18.3 Å². The van der Waals surface area contributed by atoms with Gasteiger partial charge in [-0.2, -0.15) is 13.2 Å². The third-order valence-electron chi connectivity index (χ3n) is 4.49. The highest BCUT2D eigenvalue weighted by molar-refractivity contribution is 5.94. The van der Waals surface area contributed by atoms with Gasteiger partial charge in [0, 0.05) is 31.7 Å². The molecule has 1 amide bonds. The van der Waals surface area contributed by atoms with Crippen LogP contribution in [0.2, 0.25) is 0 Å². The molecule has 1 heterocycles. The first-order valence-electron chi connectivity index (χ1n) is 8.78. The first-order valence-corrected chi connectivity index (χ1v) is 8.78. The van der Waals surface area contributed by atoms with Gasteiger partial charge in [-0.1, -0.05) is 36.4 Å². The number of ether oxygens (including phenoxy) is 1. The van der Waals surface area contributed by atoms with E-state index in [0.29, 0.717) is 26.2 Å². The molecule has 3 rings (SSSR count). The molecule has 0 spiro atoms. The molecular weight excluding hydrogens is 357 g/mol. The Labute approximate surface area is 155 Å². The molecule has 4 nitrogen and oxygen atoms in total. The van der Waals surface area contributed by atoms with E-state index >= 15 is 0 Å². The Hall–Kier alpha value is -2.38. The minimum Gasteiger partial charge on any atom is -0.371 e. The zero-order valence-corrected chi connectivity index (χ0v) is 14.7. The average molecular weight is 378 g/mol. The molecule has 1 atom stereocenters. The molecule has 1 N–H and O–H groups in total. The summed E-state index contributed by atoms with van der Waals surface area (Å²) in [6.07, 6.45) is -4.48. The van der Waals surface area contributed by atoms with E-state index < -0.39 is 17.6 Å². The van der Waals surface area contributed by atoms with E-state index in [-0.39, 0.29) is 11.7 Å². The monoisotopic (exact) mass is 378 g/mol. The minimum absolute atomic E-state index is 0.00830. The molecule has 1 aliphatic rings. The molecule has 7 heteroatoms. The first-order chi connectivity index (χ1) is 12.9. The largest absolute Gasteiger partial charge is 0.416 e. The molecule has 0 bridgehead atoms. The van der Waals surface area contributed by atoms with Crippen molar-refractivity contribution in [1.29, 1.82) is 0 Å². The van der Waals surface area contributed by atoms with Crippen molar-refractivity contribution >= 4 is 5.91 Å². The van der Waals surface area contributed by atoms with Gasteiger partial charge < -0.3 is 10.1 Å². The van der Waals surface area contributed by atoms with Gasteiger partial charge >= 0.3 is 6.18 Å². The molecule has 0 aromatic heterocycles. The maximum atomic E-state index is 12.8. The number of hydrogen-bond donors (Lipinski definition) is 1. The van der Waals surface area contributed by atoms with Crippen molar-refractivity contribution in [2.75, 3.05) is 32.8 Å². The minimum atomic E-state index is -4.46. The van der Waals surface area contributed by atoms with Crippen molar-refractivity contribution in [1.82, 2.24) is 10.2 Å². The van der Waals surface area contributed by atoms with Crippen LogP contribution in [0.1, 0.15) is 27.6 Å². The quantitative estimate of drug-likeness (QED) is 0.866. The van der Waals surface area contributed by atoms with Gasteiger partial charge in [0.15, 0.2) is 0 Å². The summed E-state index contributed by atoms with van der Waals surface area (Å²) in [5.41, 5.74) is 0.290. The molecule has 0 saturated carbocycles. The molecular formula is C20H21F3N2O2. The maximum absolute atomic E-state index is 12.8. The van der Waals surface area contributed by atoms with E-state index in [1.165, 1.54) is 12.1 Å². The number of halogens is 3. The van der Waals surface area contributed by atoms with Crippen LogP contribution in [0.4, 0.5) is 13.2 Å². The summed E-state index contributed by atoms with van der Waals surface area (Å²) in [5.74, 6) is -0.506. The predicted molar refractivity (Wildman–Crippen MR) is 95.4 cm³/mol. The summed E-state index contributed by atoms with van der Waals surface area (Å²) in [7, 11) is 0. The Balaban J connectivity index is 1.50. The summed E-state index contributed by atoms with van der Waals surface area (Å²) < 4.78 is 44.1. The molecule has 0 unspecified atom stereocenters. The number of morpholine rings is 1. The summed E-state index contributed by atoms with van der Waals surface area (Å²) in [6.45, 7) is 3.03. The number of hydrogen-bond acceptors (Lipinski definition) is 3. The molecule has 144 valence electrons. The predicted octanol–water partition coefficient (Wildman–Crippen LogP) is 3.51. The lowest BCUT2D eigenvalue weighted by molar-refractivity contribution is -0.137. The van der Waals surface area contributed by atoms with E-state index in [1.54, 1.807) is 0 Å². The van der Waals surface area contributed by atoms with Crippen LogP contribution in [0.5, 0.6) is 0 Å². The van der Waals surface area contributed by atoms with Gasteiger partial charge in [-0.25, -0.2) is 0 Å². The molecule has 2 aromatic carbocycles. The van der Waals surface area contributed by atoms with Gasteiger partial charge in [0.1, 0.15) is 0 Å². The summed E-state index contributed by atoms with van der Waals surface area (Å²) >= 11 is 0. The highest BCUT2D eigenvalue weighted by atomic mass is 19.4. The van der Waals surface area contributed by atoms with Crippen molar-refractivity contribution in [3.8, 4) is 0 Å². The van der Waals surface area contributed by atoms with Crippen molar-refractivity contribution in [2.24, 2.45) is 0 Å². The van der Waals surface area contributed by atoms with Crippen molar-refractivity contribution in [2.45, 2.75) is 12.3 Å². The molecule has 1 aliphatic heterocycles. The number of rotatable bonds is 5. The lowest BCUT2D eigenvalue weighted by atomic mass is 10.1. The second kappa shape index (κ2) is 8.54. The van der Waals surface area contributed by atoms with E-state index in [4.69, 9.17) is 4.74 Å². The number of benzene rings is 2. The van der Waals surface area contributed by atoms with Crippen LogP contribution < -0.4 is 5.32 Å². The Morgan fingerprint density at radius 2 is 1.93 bits per heavy atom. The van der Waals surface area contributed by atoms with E-state index in [2.05, 4.69) is 10.2 Å². The standard InChI is InChI=1S/C20H21F3N2O2/c21-20(22,23)17-8-4-7-16(13-17)19(26)24-9-10-25-11-12-27-18(14-25)15-5-2-1-3-6-15/h1-8,13,18H,9-12,14H2,(H,24,26)/t18-/m0/s1. The lowest BCUT2D eigenvalue weighted by Crippen LogP contribution is -2.42. The third kappa shape index (κ3) is 5.30. The normalized spacial score (nSPS) is 18.3. The number of nitrogens with zero attached hydrogens (tertiary/aromatic N) is 1. The Morgan fingerprint density at radius 3 is 2.67 bits per heavy atom. The SMILES string of the molecule is O=C(NCCN1CCO[C@H](c2ccccc2)C1)c1cccc(C(F)(F)F)c1. The molecule has 2 aromatic rings. The Bertz CT molecular complexity index is 765. The van der Waals surface area contributed by atoms with E-state index in [9.17, 15) is 18.0 Å². The molecule has 27 heavy (non-hydrogen) atoms. The fraction of sp³-hybridized carbons (Fsp3) is 0.350. The fourth-order valence-electron chi connectivity index (χ4n) is 3.04. The highest BCUT2D eigenvalue weighted by Gasteiger charge is 2.30. The summed E-state index contributed by atoms with van der Waals surface area (Å²) in [5, 5.41) is 2.69. The number of carbonyl (C=O) groups is 1. The zero-order valence-electron chi connectivity index (χ0n) is 14.7. The highest BCUT2D eigenvalue weighted by Crippen LogP contribution is 2.29. The van der Waals surface area contributed by atoms with Crippen LogP contribution in [-0.4, -0.2) is 43.6 Å². The number of alkyl halides is 3. The molecule has 1 fully saturated rings. The van der Waals surface area contributed by atoms with Gasteiger partial charge in [-0.15, -0.1) is 0 Å². The Kier molecular flexibility index (Phi) is 6.13. The van der Waals surface area contributed by atoms with Gasteiger partial charge in [0.25, 0.3) is 5.91 Å². The van der Waals surface area contributed by atoms with Gasteiger partial charge in [0.2, 0.25) is 0 Å². The molecule has 0 aliphatic carbocycles. The second-order valence-electron chi connectivity index (χ2n) is 6.41. The van der Waals surface area contributed by atoms with Crippen LogP contribution in [0.25, 0.3) is 0 Å². The van der Waals surface area contributed by atoms with Crippen molar-refractivity contribution in [3.05, 3.63) is 71.3 Å². The summed E-state index contributed by atoms with van der Waals surface area (Å²) in [6, 6.07) is 14.4. The smallest absolute Gasteiger partial charge is 0.371 e. The van der Waals surface area contributed by atoms with E-state index in [1.807, 2.05) is 30.3 Å². The number of nitrogens with one attached hydrogen (secondary N) is 1. The third-order valence-corrected chi connectivity index (χ3v) is 4.49. The molecule has 1 saturated heterocycles. The van der Waals surface area contributed by atoms with Crippen molar-refractivity contribution < 1.29 is 22.7 Å². The first kappa shape index (κ1) is 19.4. The fourth-order valence-corrected chi connectivity index (χ4v) is 3.04. The van der Waals surface area contributed by atoms with Crippen molar-refractivity contribution in [3.63, 3.8) is 0 Å². The Morgan fingerprint density at radius 1 is 1.15 bits per heavy atom. The van der Waals surface area contributed by atoms with Crippen LogP contribution in [-0.2, 0) is 10.9 Å². The number of amides is 1. The number of carbonyl (C=O) groups excluding carboxylic acids is 1.